The number of carbonyl (C=O) groups excluding carboxylic acids is 2. The van der Waals surface area contributed by atoms with E-state index in [1.54, 1.807) is 6.08 Å². The standard InChI is InChI=1S/C23H20FN3O2S/c1-14(2)12-26-13-15(18-5-3-4-6-20(18)26)11-19-21(28)25-23(30)27(22(19)29)17-9-7-16(24)8-10-17/h3-11,13-14H,12H2,1-2H3,(H,25,28,30). The average molecular weight is 421 g/mol. The maximum atomic E-state index is 13.3. The van der Waals surface area contributed by atoms with Crippen molar-refractivity contribution in [3.05, 3.63) is 71.7 Å². The van der Waals surface area contributed by atoms with Gasteiger partial charge < -0.3 is 4.57 Å². The van der Waals surface area contributed by atoms with Crippen LogP contribution in [0.15, 0.2) is 60.3 Å². The number of hydrogen-bond acceptors (Lipinski definition) is 3. The van der Waals surface area contributed by atoms with Gasteiger partial charge in [0.2, 0.25) is 0 Å². The number of nitrogens with one attached hydrogen (secondary N) is 1. The van der Waals surface area contributed by atoms with Crippen molar-refractivity contribution < 1.29 is 14.0 Å². The summed E-state index contributed by atoms with van der Waals surface area (Å²) in [5.41, 5.74) is 2.17. The monoisotopic (exact) mass is 421 g/mol. The number of para-hydroxylation sites is 1. The molecule has 0 unspecified atom stereocenters. The summed E-state index contributed by atoms with van der Waals surface area (Å²) in [6.07, 6.45) is 3.54. The summed E-state index contributed by atoms with van der Waals surface area (Å²) in [6.45, 7) is 5.08. The van der Waals surface area contributed by atoms with Crippen LogP contribution in [0, 0.1) is 11.7 Å². The third kappa shape index (κ3) is 3.64. The Bertz CT molecular complexity index is 1190. The Hall–Kier alpha value is -3.32. The Morgan fingerprint density at radius 2 is 1.80 bits per heavy atom. The quantitative estimate of drug-likeness (QED) is 0.389. The number of rotatable bonds is 4. The van der Waals surface area contributed by atoms with E-state index in [1.165, 1.54) is 29.2 Å². The third-order valence-electron chi connectivity index (χ3n) is 4.87. The van der Waals surface area contributed by atoms with Gasteiger partial charge in [0.1, 0.15) is 11.4 Å². The molecule has 7 heteroatoms. The fourth-order valence-electron chi connectivity index (χ4n) is 3.57. The Kier molecular flexibility index (Phi) is 5.22. The van der Waals surface area contributed by atoms with Crippen LogP contribution in [-0.2, 0) is 16.1 Å². The summed E-state index contributed by atoms with van der Waals surface area (Å²) >= 11 is 5.19. The van der Waals surface area contributed by atoms with Gasteiger partial charge in [-0.3, -0.25) is 19.8 Å². The molecule has 2 aromatic carbocycles. The lowest BCUT2D eigenvalue weighted by atomic mass is 10.1. The normalized spacial score (nSPS) is 16.1. The van der Waals surface area contributed by atoms with E-state index in [2.05, 4.69) is 23.7 Å². The minimum atomic E-state index is -0.552. The molecule has 0 radical (unpaired) electrons. The van der Waals surface area contributed by atoms with Crippen molar-refractivity contribution in [1.29, 1.82) is 0 Å². The van der Waals surface area contributed by atoms with Gasteiger partial charge in [-0.2, -0.15) is 0 Å². The van der Waals surface area contributed by atoms with Crippen LogP contribution in [0.2, 0.25) is 0 Å². The van der Waals surface area contributed by atoms with Gasteiger partial charge in [-0.05, 0) is 54.5 Å². The highest BCUT2D eigenvalue weighted by atomic mass is 32.1. The number of anilines is 1. The van der Waals surface area contributed by atoms with Crippen molar-refractivity contribution in [2.24, 2.45) is 5.92 Å². The second-order valence-corrected chi connectivity index (χ2v) is 7.97. The zero-order valence-corrected chi connectivity index (χ0v) is 17.4. The van der Waals surface area contributed by atoms with Crippen LogP contribution < -0.4 is 10.2 Å². The van der Waals surface area contributed by atoms with E-state index in [0.717, 1.165) is 23.0 Å². The fraction of sp³-hybridized carbons (Fsp3) is 0.174. The molecule has 152 valence electrons. The SMILES string of the molecule is CC(C)Cn1cc(C=C2C(=O)NC(=S)N(c3ccc(F)cc3)C2=O)c2ccccc21. The van der Waals surface area contributed by atoms with E-state index in [1.807, 2.05) is 30.5 Å². The summed E-state index contributed by atoms with van der Waals surface area (Å²) in [4.78, 5) is 27.0. The Morgan fingerprint density at radius 3 is 2.50 bits per heavy atom. The van der Waals surface area contributed by atoms with E-state index >= 15 is 0 Å². The first-order valence-electron chi connectivity index (χ1n) is 9.60. The molecule has 4 rings (SSSR count). The molecule has 0 atom stereocenters. The van der Waals surface area contributed by atoms with Crippen molar-refractivity contribution in [3.63, 3.8) is 0 Å². The topological polar surface area (TPSA) is 54.3 Å². The predicted octanol–water partition coefficient (Wildman–Crippen LogP) is 4.27. The van der Waals surface area contributed by atoms with Gasteiger partial charge in [0, 0.05) is 29.2 Å². The van der Waals surface area contributed by atoms with Crippen molar-refractivity contribution in [1.82, 2.24) is 9.88 Å². The van der Waals surface area contributed by atoms with Crippen molar-refractivity contribution >= 4 is 51.8 Å². The summed E-state index contributed by atoms with van der Waals surface area (Å²) in [5.74, 6) is -1.08. The highest BCUT2D eigenvalue weighted by Crippen LogP contribution is 2.27. The number of benzene rings is 2. The summed E-state index contributed by atoms with van der Waals surface area (Å²) in [6, 6.07) is 13.2. The zero-order chi connectivity index (χ0) is 21.4. The lowest BCUT2D eigenvalue weighted by Gasteiger charge is -2.28. The molecule has 1 fully saturated rings. The molecular formula is C23H20FN3O2S. The lowest BCUT2D eigenvalue weighted by Crippen LogP contribution is -2.54. The summed E-state index contributed by atoms with van der Waals surface area (Å²) in [7, 11) is 0. The number of thiocarbonyl (C=S) groups is 1. The molecule has 0 aliphatic carbocycles. The minimum absolute atomic E-state index is 0.0274. The van der Waals surface area contributed by atoms with Crippen LogP contribution >= 0.6 is 12.2 Å². The van der Waals surface area contributed by atoms with Gasteiger partial charge >= 0.3 is 0 Å². The van der Waals surface area contributed by atoms with Gasteiger partial charge in [0.05, 0.1) is 5.69 Å². The maximum absolute atomic E-state index is 13.3. The molecule has 2 amide bonds. The van der Waals surface area contributed by atoms with E-state index in [9.17, 15) is 14.0 Å². The van der Waals surface area contributed by atoms with Gasteiger partial charge in [0.25, 0.3) is 11.8 Å². The number of aromatic nitrogens is 1. The molecule has 0 spiro atoms. The van der Waals surface area contributed by atoms with Crippen molar-refractivity contribution in [3.8, 4) is 0 Å². The highest BCUT2D eigenvalue weighted by Gasteiger charge is 2.34. The van der Waals surface area contributed by atoms with Gasteiger partial charge in [-0.25, -0.2) is 4.39 Å². The lowest BCUT2D eigenvalue weighted by molar-refractivity contribution is -0.122. The van der Waals surface area contributed by atoms with Gasteiger partial charge in [-0.1, -0.05) is 32.0 Å². The van der Waals surface area contributed by atoms with E-state index in [4.69, 9.17) is 12.2 Å². The van der Waals surface area contributed by atoms with Crippen LogP contribution in [0.3, 0.4) is 0 Å². The molecule has 1 N–H and O–H groups in total. The molecule has 30 heavy (non-hydrogen) atoms. The number of amides is 2. The number of fused-ring (bicyclic) bond motifs is 1. The predicted molar refractivity (Wildman–Crippen MR) is 119 cm³/mol. The highest BCUT2D eigenvalue weighted by molar-refractivity contribution is 7.80. The molecule has 3 aromatic rings. The first-order valence-corrected chi connectivity index (χ1v) is 10.0. The molecule has 1 saturated heterocycles. The van der Waals surface area contributed by atoms with Crippen LogP contribution in [-0.4, -0.2) is 21.5 Å². The van der Waals surface area contributed by atoms with Crippen LogP contribution in [0.4, 0.5) is 10.1 Å². The summed E-state index contributed by atoms with van der Waals surface area (Å²) < 4.78 is 15.4. The second kappa shape index (κ2) is 7.84. The number of nitrogens with zero attached hydrogens (tertiary/aromatic N) is 2. The second-order valence-electron chi connectivity index (χ2n) is 7.58. The fourth-order valence-corrected chi connectivity index (χ4v) is 3.85. The molecule has 1 aromatic heterocycles. The number of halogens is 1. The van der Waals surface area contributed by atoms with Crippen LogP contribution in [0.5, 0.6) is 0 Å². The first-order chi connectivity index (χ1) is 14.3. The van der Waals surface area contributed by atoms with Crippen molar-refractivity contribution in [2.75, 3.05) is 4.90 Å². The van der Waals surface area contributed by atoms with Gasteiger partial charge in [-0.15, -0.1) is 0 Å². The Balaban J connectivity index is 1.79. The smallest absolute Gasteiger partial charge is 0.270 e. The van der Waals surface area contributed by atoms with E-state index in [-0.39, 0.29) is 10.7 Å². The molecule has 2 heterocycles. The third-order valence-corrected chi connectivity index (χ3v) is 5.15. The number of hydrogen-bond donors (Lipinski definition) is 1. The van der Waals surface area contributed by atoms with Crippen LogP contribution in [0.25, 0.3) is 17.0 Å². The molecule has 5 nitrogen and oxygen atoms in total. The first kappa shape index (κ1) is 20.0. The molecule has 0 saturated carbocycles. The largest absolute Gasteiger partial charge is 0.347 e. The van der Waals surface area contributed by atoms with E-state index < -0.39 is 17.6 Å². The van der Waals surface area contributed by atoms with Crippen molar-refractivity contribution in [2.45, 2.75) is 20.4 Å². The van der Waals surface area contributed by atoms with Gasteiger partial charge in [0.15, 0.2) is 5.11 Å². The minimum Gasteiger partial charge on any atom is -0.347 e. The maximum Gasteiger partial charge on any atom is 0.270 e. The summed E-state index contributed by atoms with van der Waals surface area (Å²) in [5, 5.41) is 3.48. The molecule has 0 bridgehead atoms. The average Bonchev–Trinajstić information content (AvgIpc) is 3.03. The molecule has 1 aliphatic heterocycles. The van der Waals surface area contributed by atoms with Crippen LogP contribution in [0.1, 0.15) is 19.4 Å². The Morgan fingerprint density at radius 1 is 1.10 bits per heavy atom. The molecular weight excluding hydrogens is 401 g/mol. The molecule has 1 aliphatic rings. The number of carbonyl (C=O) groups is 2. The van der Waals surface area contributed by atoms with E-state index in [0.29, 0.717) is 11.6 Å². The Labute approximate surface area is 178 Å². The zero-order valence-electron chi connectivity index (χ0n) is 16.6.